The maximum absolute atomic E-state index is 9.32. The summed E-state index contributed by atoms with van der Waals surface area (Å²) in [6, 6.07) is 8.16. The Bertz CT molecular complexity index is 324. The predicted molar refractivity (Wildman–Crippen MR) is 80.0 cm³/mol. The molecule has 1 rings (SSSR count). The van der Waals surface area contributed by atoms with Crippen molar-refractivity contribution in [2.24, 2.45) is 11.5 Å². The molecule has 0 heterocycles. The van der Waals surface area contributed by atoms with E-state index in [1.165, 1.54) is 0 Å². The zero-order valence-corrected chi connectivity index (χ0v) is 11.8. The highest BCUT2D eigenvalue weighted by atomic mass is 16.3. The van der Waals surface area contributed by atoms with Crippen LogP contribution in [0.4, 0.5) is 0 Å². The number of rotatable bonds is 10. The van der Waals surface area contributed by atoms with Gasteiger partial charge < -0.3 is 32.3 Å². The molecule has 0 bridgehead atoms. The molecule has 0 amide bonds. The molecule has 1 aromatic carbocycles. The number of aliphatic hydroxyl groups excluding tert-OH is 2. The molecule has 6 nitrogen and oxygen atoms in total. The monoisotopic (exact) mass is 282 g/mol. The van der Waals surface area contributed by atoms with E-state index < -0.39 is 12.2 Å². The highest BCUT2D eigenvalue weighted by Gasteiger charge is 2.01. The number of hydrogen-bond acceptors (Lipinski definition) is 6. The second kappa shape index (κ2) is 9.82. The summed E-state index contributed by atoms with van der Waals surface area (Å²) in [6.45, 7) is 2.94. The molecule has 0 aliphatic heterocycles. The van der Waals surface area contributed by atoms with Crippen LogP contribution in [0.1, 0.15) is 11.1 Å². The van der Waals surface area contributed by atoms with Gasteiger partial charge in [-0.05, 0) is 11.1 Å². The van der Waals surface area contributed by atoms with E-state index in [-0.39, 0.29) is 13.1 Å². The smallest absolute Gasteiger partial charge is 0.0786 e. The molecule has 114 valence electrons. The minimum Gasteiger partial charge on any atom is -0.390 e. The van der Waals surface area contributed by atoms with Gasteiger partial charge in [0.15, 0.2) is 0 Å². The molecule has 1 aromatic rings. The van der Waals surface area contributed by atoms with Gasteiger partial charge in [0.25, 0.3) is 0 Å². The summed E-state index contributed by atoms with van der Waals surface area (Å²) in [6.07, 6.45) is -0.986. The summed E-state index contributed by atoms with van der Waals surface area (Å²) in [7, 11) is 0. The van der Waals surface area contributed by atoms with Crippen molar-refractivity contribution in [1.29, 1.82) is 0 Å². The van der Waals surface area contributed by atoms with Crippen LogP contribution in [0, 0.1) is 0 Å². The van der Waals surface area contributed by atoms with Gasteiger partial charge in [-0.25, -0.2) is 0 Å². The molecule has 0 saturated heterocycles. The van der Waals surface area contributed by atoms with E-state index in [9.17, 15) is 10.2 Å². The molecular weight excluding hydrogens is 256 g/mol. The summed E-state index contributed by atoms with van der Waals surface area (Å²) < 4.78 is 0. The molecular formula is C14H26N4O2. The molecule has 0 spiro atoms. The first-order chi connectivity index (χ1) is 9.65. The average Bonchev–Trinajstić information content (AvgIpc) is 2.48. The molecule has 0 fully saturated rings. The SMILES string of the molecule is NCC(O)CNCc1ccc(CNCC(O)CN)cc1. The van der Waals surface area contributed by atoms with Crippen LogP contribution in [0.15, 0.2) is 24.3 Å². The van der Waals surface area contributed by atoms with Gasteiger partial charge in [-0.15, -0.1) is 0 Å². The van der Waals surface area contributed by atoms with E-state index in [2.05, 4.69) is 10.6 Å². The molecule has 8 N–H and O–H groups in total. The van der Waals surface area contributed by atoms with Gasteiger partial charge in [0, 0.05) is 39.3 Å². The van der Waals surface area contributed by atoms with Gasteiger partial charge in [0.05, 0.1) is 12.2 Å². The van der Waals surface area contributed by atoms with Gasteiger partial charge in [0.1, 0.15) is 0 Å². The number of aliphatic hydroxyl groups is 2. The third-order valence-electron chi connectivity index (χ3n) is 2.99. The first-order valence-electron chi connectivity index (χ1n) is 6.91. The van der Waals surface area contributed by atoms with Crippen molar-refractivity contribution in [2.45, 2.75) is 25.3 Å². The summed E-state index contributed by atoms with van der Waals surface area (Å²) >= 11 is 0. The standard InChI is InChI=1S/C14H26N4O2/c15-5-13(19)9-17-7-11-1-2-12(4-3-11)8-18-10-14(20)6-16/h1-4,13-14,17-20H,5-10,15-16H2. The van der Waals surface area contributed by atoms with Gasteiger partial charge in [-0.3, -0.25) is 0 Å². The van der Waals surface area contributed by atoms with Crippen LogP contribution in [0.2, 0.25) is 0 Å². The fraction of sp³-hybridized carbons (Fsp3) is 0.571. The van der Waals surface area contributed by atoms with E-state index in [0.717, 1.165) is 11.1 Å². The van der Waals surface area contributed by atoms with Crippen molar-refractivity contribution in [3.05, 3.63) is 35.4 Å². The maximum atomic E-state index is 9.32. The van der Waals surface area contributed by atoms with E-state index in [1.54, 1.807) is 0 Å². The van der Waals surface area contributed by atoms with Gasteiger partial charge in [-0.1, -0.05) is 24.3 Å². The van der Waals surface area contributed by atoms with Crippen LogP contribution in [-0.4, -0.2) is 48.6 Å². The summed E-state index contributed by atoms with van der Waals surface area (Å²) in [5.74, 6) is 0. The molecule has 0 aliphatic carbocycles. The lowest BCUT2D eigenvalue weighted by Gasteiger charge is -2.11. The van der Waals surface area contributed by atoms with Crippen LogP contribution in [0.3, 0.4) is 0 Å². The van der Waals surface area contributed by atoms with Crippen molar-refractivity contribution >= 4 is 0 Å². The minimum atomic E-state index is -0.493. The Hall–Kier alpha value is -1.02. The second-order valence-electron chi connectivity index (χ2n) is 4.86. The highest BCUT2D eigenvalue weighted by Crippen LogP contribution is 2.04. The average molecular weight is 282 g/mol. The zero-order valence-electron chi connectivity index (χ0n) is 11.8. The van der Waals surface area contributed by atoms with Crippen LogP contribution in [-0.2, 0) is 13.1 Å². The molecule has 0 radical (unpaired) electrons. The largest absolute Gasteiger partial charge is 0.390 e. The molecule has 20 heavy (non-hydrogen) atoms. The Morgan fingerprint density at radius 2 is 1.15 bits per heavy atom. The molecule has 2 unspecified atom stereocenters. The number of benzene rings is 1. The maximum Gasteiger partial charge on any atom is 0.0786 e. The highest BCUT2D eigenvalue weighted by molar-refractivity contribution is 5.22. The van der Waals surface area contributed by atoms with E-state index in [1.807, 2.05) is 24.3 Å². The predicted octanol–water partition coefficient (Wildman–Crippen LogP) is -1.49. The van der Waals surface area contributed by atoms with E-state index >= 15 is 0 Å². The Morgan fingerprint density at radius 3 is 1.45 bits per heavy atom. The third kappa shape index (κ3) is 6.95. The minimum absolute atomic E-state index is 0.270. The Kier molecular flexibility index (Phi) is 8.36. The summed E-state index contributed by atoms with van der Waals surface area (Å²) in [4.78, 5) is 0. The lowest BCUT2D eigenvalue weighted by molar-refractivity contribution is 0.179. The van der Waals surface area contributed by atoms with Crippen LogP contribution in [0.5, 0.6) is 0 Å². The van der Waals surface area contributed by atoms with Gasteiger partial charge in [0.2, 0.25) is 0 Å². The van der Waals surface area contributed by atoms with Crippen LogP contribution in [0.25, 0.3) is 0 Å². The number of hydrogen-bond donors (Lipinski definition) is 6. The Labute approximate surface area is 120 Å². The van der Waals surface area contributed by atoms with Crippen LogP contribution < -0.4 is 22.1 Å². The van der Waals surface area contributed by atoms with E-state index in [0.29, 0.717) is 26.2 Å². The zero-order chi connectivity index (χ0) is 14.8. The second-order valence-corrected chi connectivity index (χ2v) is 4.86. The first-order valence-corrected chi connectivity index (χ1v) is 6.91. The summed E-state index contributed by atoms with van der Waals surface area (Å²) in [5.41, 5.74) is 13.0. The quantitative estimate of drug-likeness (QED) is 0.311. The van der Waals surface area contributed by atoms with Crippen molar-refractivity contribution in [1.82, 2.24) is 10.6 Å². The normalized spacial score (nSPS) is 14.2. The van der Waals surface area contributed by atoms with Crippen molar-refractivity contribution in [2.75, 3.05) is 26.2 Å². The van der Waals surface area contributed by atoms with Crippen molar-refractivity contribution < 1.29 is 10.2 Å². The number of nitrogens with two attached hydrogens (primary N) is 2. The lowest BCUT2D eigenvalue weighted by atomic mass is 10.1. The van der Waals surface area contributed by atoms with Crippen LogP contribution >= 0.6 is 0 Å². The molecule has 0 aliphatic rings. The molecule has 2 atom stereocenters. The Balaban J connectivity index is 2.26. The Morgan fingerprint density at radius 1 is 0.800 bits per heavy atom. The number of nitrogens with one attached hydrogen (secondary N) is 2. The molecule has 0 saturated carbocycles. The van der Waals surface area contributed by atoms with Gasteiger partial charge >= 0.3 is 0 Å². The lowest BCUT2D eigenvalue weighted by Crippen LogP contribution is -2.32. The molecule has 0 aromatic heterocycles. The fourth-order valence-corrected chi connectivity index (χ4v) is 1.71. The molecule has 6 heteroatoms. The fourth-order valence-electron chi connectivity index (χ4n) is 1.71. The van der Waals surface area contributed by atoms with Crippen molar-refractivity contribution in [3.63, 3.8) is 0 Å². The van der Waals surface area contributed by atoms with E-state index in [4.69, 9.17) is 11.5 Å². The summed E-state index contributed by atoms with van der Waals surface area (Å²) in [5, 5.41) is 24.9. The topological polar surface area (TPSA) is 117 Å². The first kappa shape index (κ1) is 17.0. The third-order valence-corrected chi connectivity index (χ3v) is 2.99. The van der Waals surface area contributed by atoms with Crippen molar-refractivity contribution in [3.8, 4) is 0 Å². The van der Waals surface area contributed by atoms with Gasteiger partial charge in [-0.2, -0.15) is 0 Å².